The zero-order chi connectivity index (χ0) is 18.3. The fourth-order valence-corrected chi connectivity index (χ4v) is 2.25. The standard InChI is InChI=1S/C17H24N2O5/c1-11(2)8-9-13(4)18-15(20)10-24-17(21)14-7-5-6-12(3)16(14)19(22)23/h5-7,11,13H,8-10H2,1-4H3,(H,18,20). The lowest BCUT2D eigenvalue weighted by Gasteiger charge is -2.15. The Labute approximate surface area is 141 Å². The van der Waals surface area contributed by atoms with Crippen molar-refractivity contribution >= 4 is 17.6 Å². The third-order valence-electron chi connectivity index (χ3n) is 3.56. The zero-order valence-corrected chi connectivity index (χ0v) is 14.5. The number of aryl methyl sites for hydroxylation is 1. The van der Waals surface area contributed by atoms with Crippen molar-refractivity contribution in [2.45, 2.75) is 46.6 Å². The average Bonchev–Trinajstić information content (AvgIpc) is 2.49. The molecule has 0 fully saturated rings. The van der Waals surface area contributed by atoms with Crippen LogP contribution in [0.15, 0.2) is 18.2 Å². The number of rotatable bonds is 8. The lowest BCUT2D eigenvalue weighted by Crippen LogP contribution is -2.36. The SMILES string of the molecule is Cc1cccc(C(=O)OCC(=O)NC(C)CCC(C)C)c1[N+](=O)[O-]. The summed E-state index contributed by atoms with van der Waals surface area (Å²) >= 11 is 0. The van der Waals surface area contributed by atoms with Crippen LogP contribution in [0.3, 0.4) is 0 Å². The van der Waals surface area contributed by atoms with E-state index in [9.17, 15) is 19.7 Å². The lowest BCUT2D eigenvalue weighted by atomic mass is 10.0. The molecule has 0 heterocycles. The van der Waals surface area contributed by atoms with Gasteiger partial charge in [-0.15, -0.1) is 0 Å². The summed E-state index contributed by atoms with van der Waals surface area (Å²) in [6.07, 6.45) is 1.82. The van der Waals surface area contributed by atoms with Gasteiger partial charge in [-0.05, 0) is 38.7 Å². The first-order valence-electron chi connectivity index (χ1n) is 7.92. The Morgan fingerprint density at radius 3 is 2.50 bits per heavy atom. The average molecular weight is 336 g/mol. The topological polar surface area (TPSA) is 98.5 Å². The highest BCUT2D eigenvalue weighted by molar-refractivity contribution is 5.95. The summed E-state index contributed by atoms with van der Waals surface area (Å²) in [7, 11) is 0. The van der Waals surface area contributed by atoms with Crippen molar-refractivity contribution in [1.82, 2.24) is 5.32 Å². The number of nitro groups is 1. The van der Waals surface area contributed by atoms with Gasteiger partial charge in [-0.2, -0.15) is 0 Å². The number of nitro benzene ring substituents is 1. The minimum Gasteiger partial charge on any atom is -0.452 e. The summed E-state index contributed by atoms with van der Waals surface area (Å²) in [4.78, 5) is 34.3. The molecule has 0 saturated heterocycles. The molecule has 7 nitrogen and oxygen atoms in total. The van der Waals surface area contributed by atoms with Crippen molar-refractivity contribution in [2.75, 3.05) is 6.61 Å². The largest absolute Gasteiger partial charge is 0.452 e. The maximum atomic E-state index is 12.0. The number of benzene rings is 1. The van der Waals surface area contributed by atoms with E-state index in [2.05, 4.69) is 19.2 Å². The van der Waals surface area contributed by atoms with E-state index in [0.717, 1.165) is 12.8 Å². The van der Waals surface area contributed by atoms with E-state index in [4.69, 9.17) is 4.74 Å². The van der Waals surface area contributed by atoms with Gasteiger partial charge in [0, 0.05) is 11.6 Å². The first-order chi connectivity index (χ1) is 11.2. The summed E-state index contributed by atoms with van der Waals surface area (Å²) in [5, 5.41) is 13.8. The minimum absolute atomic E-state index is 0.0214. The molecule has 0 bridgehead atoms. The molecular weight excluding hydrogens is 312 g/mol. The number of carbonyl (C=O) groups is 2. The summed E-state index contributed by atoms with van der Waals surface area (Å²) in [6, 6.07) is 4.37. The molecule has 0 saturated carbocycles. The lowest BCUT2D eigenvalue weighted by molar-refractivity contribution is -0.385. The van der Waals surface area contributed by atoms with Gasteiger partial charge in [-0.3, -0.25) is 14.9 Å². The van der Waals surface area contributed by atoms with Gasteiger partial charge in [-0.1, -0.05) is 26.0 Å². The number of hydrogen-bond donors (Lipinski definition) is 1. The Bertz CT molecular complexity index is 613. The van der Waals surface area contributed by atoms with E-state index in [1.807, 2.05) is 6.92 Å². The molecule has 132 valence electrons. The van der Waals surface area contributed by atoms with Crippen LogP contribution in [0, 0.1) is 23.0 Å². The second kappa shape index (κ2) is 9.00. The van der Waals surface area contributed by atoms with Gasteiger partial charge >= 0.3 is 5.97 Å². The molecule has 7 heteroatoms. The van der Waals surface area contributed by atoms with Crippen molar-refractivity contribution in [2.24, 2.45) is 5.92 Å². The molecule has 24 heavy (non-hydrogen) atoms. The Hall–Kier alpha value is -2.44. The number of ether oxygens (including phenoxy) is 1. The molecule has 1 unspecified atom stereocenters. The van der Waals surface area contributed by atoms with Gasteiger partial charge in [0.1, 0.15) is 5.56 Å². The Kier molecular flexibility index (Phi) is 7.35. The zero-order valence-electron chi connectivity index (χ0n) is 14.5. The third-order valence-corrected chi connectivity index (χ3v) is 3.56. The van der Waals surface area contributed by atoms with E-state index in [-0.39, 0.29) is 17.3 Å². The summed E-state index contributed by atoms with van der Waals surface area (Å²) in [5.41, 5.74) is -0.0879. The number of para-hydroxylation sites is 1. The van der Waals surface area contributed by atoms with Crippen molar-refractivity contribution in [1.29, 1.82) is 0 Å². The van der Waals surface area contributed by atoms with Crippen molar-refractivity contribution in [3.8, 4) is 0 Å². The smallest absolute Gasteiger partial charge is 0.345 e. The maximum absolute atomic E-state index is 12.0. The molecule has 0 aromatic heterocycles. The van der Waals surface area contributed by atoms with Crippen LogP contribution in [-0.4, -0.2) is 29.4 Å². The summed E-state index contributed by atoms with van der Waals surface area (Å²) < 4.78 is 4.91. The van der Waals surface area contributed by atoms with E-state index in [0.29, 0.717) is 11.5 Å². The fraction of sp³-hybridized carbons (Fsp3) is 0.529. The van der Waals surface area contributed by atoms with E-state index in [1.165, 1.54) is 25.1 Å². The van der Waals surface area contributed by atoms with Crippen molar-refractivity contribution in [3.05, 3.63) is 39.4 Å². The number of nitrogens with one attached hydrogen (secondary N) is 1. The molecule has 0 aliphatic carbocycles. The quantitative estimate of drug-likeness (QED) is 0.447. The van der Waals surface area contributed by atoms with Gasteiger partial charge in [0.05, 0.1) is 4.92 Å². The number of carbonyl (C=O) groups excluding carboxylic acids is 2. The highest BCUT2D eigenvalue weighted by Gasteiger charge is 2.24. The molecular formula is C17H24N2O5. The van der Waals surface area contributed by atoms with Gasteiger partial charge in [0.25, 0.3) is 11.6 Å². The van der Waals surface area contributed by atoms with Gasteiger partial charge in [0.15, 0.2) is 6.61 Å². The van der Waals surface area contributed by atoms with Crippen LogP contribution < -0.4 is 5.32 Å². The maximum Gasteiger partial charge on any atom is 0.345 e. The van der Waals surface area contributed by atoms with E-state index < -0.39 is 23.4 Å². The number of amides is 1. The molecule has 0 spiro atoms. The summed E-state index contributed by atoms with van der Waals surface area (Å²) in [5.74, 6) is -0.755. The van der Waals surface area contributed by atoms with Crippen LogP contribution in [0.5, 0.6) is 0 Å². The molecule has 1 rings (SSSR count). The molecule has 0 radical (unpaired) electrons. The van der Waals surface area contributed by atoms with Crippen LogP contribution in [0.25, 0.3) is 0 Å². The Morgan fingerprint density at radius 1 is 1.25 bits per heavy atom. The second-order valence-electron chi connectivity index (χ2n) is 6.24. The second-order valence-corrected chi connectivity index (χ2v) is 6.24. The monoisotopic (exact) mass is 336 g/mol. The van der Waals surface area contributed by atoms with Crippen LogP contribution >= 0.6 is 0 Å². The fourth-order valence-electron chi connectivity index (χ4n) is 2.25. The normalized spacial score (nSPS) is 11.9. The number of esters is 1. The molecule has 1 aromatic carbocycles. The van der Waals surface area contributed by atoms with Crippen LogP contribution in [0.4, 0.5) is 5.69 Å². The Balaban J connectivity index is 2.59. The molecule has 0 aliphatic heterocycles. The number of nitrogens with zero attached hydrogens (tertiary/aromatic N) is 1. The van der Waals surface area contributed by atoms with Crippen LogP contribution in [-0.2, 0) is 9.53 Å². The summed E-state index contributed by atoms with van der Waals surface area (Å²) in [6.45, 7) is 7.16. The van der Waals surface area contributed by atoms with Gasteiger partial charge in [-0.25, -0.2) is 4.79 Å². The predicted molar refractivity (Wildman–Crippen MR) is 89.8 cm³/mol. The molecule has 1 aromatic rings. The molecule has 1 atom stereocenters. The van der Waals surface area contributed by atoms with Crippen LogP contribution in [0.1, 0.15) is 49.5 Å². The highest BCUT2D eigenvalue weighted by atomic mass is 16.6. The van der Waals surface area contributed by atoms with Gasteiger partial charge in [0.2, 0.25) is 0 Å². The third kappa shape index (κ3) is 5.98. The van der Waals surface area contributed by atoms with Crippen LogP contribution in [0.2, 0.25) is 0 Å². The predicted octanol–water partition coefficient (Wildman–Crippen LogP) is 3.00. The van der Waals surface area contributed by atoms with E-state index >= 15 is 0 Å². The highest BCUT2D eigenvalue weighted by Crippen LogP contribution is 2.23. The van der Waals surface area contributed by atoms with Crippen molar-refractivity contribution in [3.63, 3.8) is 0 Å². The first kappa shape index (κ1) is 19.6. The Morgan fingerprint density at radius 2 is 1.92 bits per heavy atom. The molecule has 1 N–H and O–H groups in total. The molecule has 0 aliphatic rings. The number of hydrogen-bond acceptors (Lipinski definition) is 5. The minimum atomic E-state index is -0.879. The molecule has 1 amide bonds. The van der Waals surface area contributed by atoms with E-state index in [1.54, 1.807) is 0 Å². The first-order valence-corrected chi connectivity index (χ1v) is 7.92. The van der Waals surface area contributed by atoms with Crippen molar-refractivity contribution < 1.29 is 19.2 Å². The van der Waals surface area contributed by atoms with Gasteiger partial charge < -0.3 is 10.1 Å².